The smallest absolute Gasteiger partial charge is 0.237 e. The molecule has 23 heavy (non-hydrogen) atoms. The lowest BCUT2D eigenvalue weighted by Gasteiger charge is -2.34. The lowest BCUT2D eigenvalue weighted by atomic mass is 9.91. The topological polar surface area (TPSA) is 76.8 Å². The van der Waals surface area contributed by atoms with E-state index in [2.05, 4.69) is 24.1 Å². The van der Waals surface area contributed by atoms with Crippen LogP contribution in [0.1, 0.15) is 39.5 Å². The first-order chi connectivity index (χ1) is 11.1. The molecule has 2 aliphatic rings. The highest BCUT2D eigenvalue weighted by Gasteiger charge is 2.29. The van der Waals surface area contributed by atoms with E-state index in [4.69, 9.17) is 15.2 Å². The van der Waals surface area contributed by atoms with Crippen LogP contribution in [0.15, 0.2) is 0 Å². The minimum absolute atomic E-state index is 0.0125. The van der Waals surface area contributed by atoms with Gasteiger partial charge in [-0.2, -0.15) is 0 Å². The van der Waals surface area contributed by atoms with Crippen molar-refractivity contribution >= 4 is 5.91 Å². The van der Waals surface area contributed by atoms with Crippen molar-refractivity contribution in [3.05, 3.63) is 0 Å². The zero-order valence-electron chi connectivity index (χ0n) is 14.6. The van der Waals surface area contributed by atoms with Crippen molar-refractivity contribution < 1.29 is 14.3 Å². The molecule has 6 heteroatoms. The summed E-state index contributed by atoms with van der Waals surface area (Å²) in [6.45, 7) is 9.35. The maximum Gasteiger partial charge on any atom is 0.237 e. The molecular formula is C17H33N3O3. The molecule has 2 rings (SSSR count). The van der Waals surface area contributed by atoms with Crippen molar-refractivity contribution in [1.82, 2.24) is 10.2 Å². The van der Waals surface area contributed by atoms with Gasteiger partial charge < -0.3 is 25.4 Å². The van der Waals surface area contributed by atoms with Crippen LogP contribution >= 0.6 is 0 Å². The monoisotopic (exact) mass is 327 g/mol. The fourth-order valence-electron chi connectivity index (χ4n) is 3.30. The van der Waals surface area contributed by atoms with Gasteiger partial charge in [-0.3, -0.25) is 4.79 Å². The summed E-state index contributed by atoms with van der Waals surface area (Å²) in [5.74, 6) is 0.274. The van der Waals surface area contributed by atoms with Gasteiger partial charge in [-0.25, -0.2) is 0 Å². The Morgan fingerprint density at radius 1 is 1.26 bits per heavy atom. The molecule has 0 bridgehead atoms. The molecule has 1 amide bonds. The molecule has 0 spiro atoms. The number of amides is 1. The third-order valence-electron chi connectivity index (χ3n) is 4.87. The van der Waals surface area contributed by atoms with E-state index in [1.165, 1.54) is 0 Å². The van der Waals surface area contributed by atoms with Crippen LogP contribution in [0.25, 0.3) is 0 Å². The Morgan fingerprint density at radius 3 is 2.52 bits per heavy atom. The van der Waals surface area contributed by atoms with Crippen LogP contribution in [-0.4, -0.2) is 68.4 Å². The van der Waals surface area contributed by atoms with Gasteiger partial charge in [0.05, 0.1) is 18.8 Å². The highest BCUT2D eigenvalue weighted by atomic mass is 16.5. The number of nitrogens with zero attached hydrogens (tertiary/aromatic N) is 1. The zero-order valence-corrected chi connectivity index (χ0v) is 14.6. The standard InChI is InChI=1S/C17H33N3O3/c1-13(2)23-12-9-20-7-3-15(4-8-20)19-17(21)16(18)14-5-10-22-11-6-14/h13-16H,3-12,18H2,1-2H3,(H,19,21). The quantitative estimate of drug-likeness (QED) is 0.721. The van der Waals surface area contributed by atoms with Crippen LogP contribution in [0.2, 0.25) is 0 Å². The molecule has 3 N–H and O–H groups in total. The van der Waals surface area contributed by atoms with Crippen LogP contribution in [0, 0.1) is 5.92 Å². The van der Waals surface area contributed by atoms with Gasteiger partial charge in [-0.15, -0.1) is 0 Å². The van der Waals surface area contributed by atoms with E-state index < -0.39 is 6.04 Å². The van der Waals surface area contributed by atoms with Gasteiger partial charge in [0.15, 0.2) is 0 Å². The fourth-order valence-corrected chi connectivity index (χ4v) is 3.30. The van der Waals surface area contributed by atoms with Crippen molar-refractivity contribution in [2.45, 2.75) is 57.7 Å². The lowest BCUT2D eigenvalue weighted by Crippen LogP contribution is -2.52. The summed E-state index contributed by atoms with van der Waals surface area (Å²) in [6, 6.07) is -0.132. The van der Waals surface area contributed by atoms with E-state index in [0.717, 1.165) is 65.1 Å². The van der Waals surface area contributed by atoms with E-state index in [-0.39, 0.29) is 17.9 Å². The molecule has 0 aromatic rings. The molecule has 0 aromatic heterocycles. The fraction of sp³-hybridized carbons (Fsp3) is 0.941. The summed E-state index contributed by atoms with van der Waals surface area (Å²) in [5, 5.41) is 3.15. The van der Waals surface area contributed by atoms with Gasteiger partial charge in [0.2, 0.25) is 5.91 Å². The largest absolute Gasteiger partial charge is 0.381 e. The molecule has 134 valence electrons. The van der Waals surface area contributed by atoms with E-state index in [0.29, 0.717) is 6.10 Å². The number of nitrogens with one attached hydrogen (secondary N) is 1. The number of piperidine rings is 1. The van der Waals surface area contributed by atoms with E-state index >= 15 is 0 Å². The first-order valence-electron chi connectivity index (χ1n) is 9.04. The van der Waals surface area contributed by atoms with Gasteiger partial charge in [0.25, 0.3) is 0 Å². The van der Waals surface area contributed by atoms with Gasteiger partial charge in [-0.1, -0.05) is 0 Å². The molecule has 2 fully saturated rings. The van der Waals surface area contributed by atoms with E-state index in [1.54, 1.807) is 0 Å². The molecule has 2 aliphatic heterocycles. The Morgan fingerprint density at radius 2 is 1.91 bits per heavy atom. The summed E-state index contributed by atoms with van der Waals surface area (Å²) in [7, 11) is 0. The predicted octanol–water partition coefficient (Wildman–Crippen LogP) is 0.746. The maximum absolute atomic E-state index is 12.3. The number of hydrogen-bond acceptors (Lipinski definition) is 5. The predicted molar refractivity (Wildman–Crippen MR) is 90.2 cm³/mol. The van der Waals surface area contributed by atoms with Crippen LogP contribution in [0.4, 0.5) is 0 Å². The van der Waals surface area contributed by atoms with Crippen LogP contribution < -0.4 is 11.1 Å². The highest BCUT2D eigenvalue weighted by molar-refractivity contribution is 5.82. The van der Waals surface area contributed by atoms with Gasteiger partial charge in [0, 0.05) is 38.9 Å². The second-order valence-electron chi connectivity index (χ2n) is 7.02. The summed E-state index contributed by atoms with van der Waals surface area (Å²) < 4.78 is 10.9. The summed E-state index contributed by atoms with van der Waals surface area (Å²) >= 11 is 0. The second kappa shape index (κ2) is 9.57. The Balaban J connectivity index is 1.64. The van der Waals surface area contributed by atoms with Crippen molar-refractivity contribution in [3.8, 4) is 0 Å². The minimum Gasteiger partial charge on any atom is -0.381 e. The number of rotatable bonds is 7. The molecule has 0 saturated carbocycles. The van der Waals surface area contributed by atoms with Gasteiger partial charge in [-0.05, 0) is 45.4 Å². The van der Waals surface area contributed by atoms with Gasteiger partial charge >= 0.3 is 0 Å². The van der Waals surface area contributed by atoms with Crippen LogP contribution in [-0.2, 0) is 14.3 Å². The molecular weight excluding hydrogens is 294 g/mol. The number of carbonyl (C=O) groups is 1. The number of likely N-dealkylation sites (tertiary alicyclic amines) is 1. The lowest BCUT2D eigenvalue weighted by molar-refractivity contribution is -0.125. The Labute approximate surface area is 140 Å². The molecule has 0 aromatic carbocycles. The number of nitrogens with two attached hydrogens (primary N) is 1. The third-order valence-corrected chi connectivity index (χ3v) is 4.87. The molecule has 1 atom stereocenters. The van der Waals surface area contributed by atoms with E-state index in [9.17, 15) is 4.79 Å². The second-order valence-corrected chi connectivity index (χ2v) is 7.02. The van der Waals surface area contributed by atoms with E-state index in [1.807, 2.05) is 0 Å². The molecule has 2 saturated heterocycles. The third kappa shape index (κ3) is 6.37. The average molecular weight is 327 g/mol. The Hall–Kier alpha value is -0.690. The van der Waals surface area contributed by atoms with Crippen LogP contribution in [0.5, 0.6) is 0 Å². The first-order valence-corrected chi connectivity index (χ1v) is 9.04. The van der Waals surface area contributed by atoms with Crippen molar-refractivity contribution in [2.24, 2.45) is 11.7 Å². The number of carbonyl (C=O) groups excluding carboxylic acids is 1. The zero-order chi connectivity index (χ0) is 16.7. The number of hydrogen-bond donors (Lipinski definition) is 2. The molecule has 0 aliphatic carbocycles. The normalized spacial score (nSPS) is 23.1. The van der Waals surface area contributed by atoms with Crippen molar-refractivity contribution in [1.29, 1.82) is 0 Å². The average Bonchev–Trinajstić information content (AvgIpc) is 2.56. The molecule has 2 heterocycles. The molecule has 1 unspecified atom stereocenters. The Kier molecular flexibility index (Phi) is 7.76. The van der Waals surface area contributed by atoms with Crippen molar-refractivity contribution in [2.75, 3.05) is 39.5 Å². The first kappa shape index (κ1) is 18.6. The molecule has 6 nitrogen and oxygen atoms in total. The summed E-state index contributed by atoms with van der Waals surface area (Å²) in [4.78, 5) is 14.7. The summed E-state index contributed by atoms with van der Waals surface area (Å²) in [5.41, 5.74) is 6.14. The summed E-state index contributed by atoms with van der Waals surface area (Å²) in [6.07, 6.45) is 4.06. The maximum atomic E-state index is 12.3. The van der Waals surface area contributed by atoms with Crippen molar-refractivity contribution in [3.63, 3.8) is 0 Å². The number of ether oxygens (including phenoxy) is 2. The Bertz CT molecular complexity index is 351. The van der Waals surface area contributed by atoms with Crippen LogP contribution in [0.3, 0.4) is 0 Å². The highest BCUT2D eigenvalue weighted by Crippen LogP contribution is 2.18. The molecule has 0 radical (unpaired) electrons. The SMILES string of the molecule is CC(C)OCCN1CCC(NC(=O)C(N)C2CCOCC2)CC1. The van der Waals surface area contributed by atoms with Gasteiger partial charge in [0.1, 0.15) is 0 Å². The minimum atomic E-state index is -0.392.